The Morgan fingerprint density at radius 3 is 2.76 bits per heavy atom. The highest BCUT2D eigenvalue weighted by atomic mass is 16.5. The van der Waals surface area contributed by atoms with Gasteiger partial charge >= 0.3 is 5.97 Å². The van der Waals surface area contributed by atoms with Crippen molar-refractivity contribution in [1.29, 1.82) is 0 Å². The number of Topliss-reactive ketones (excluding diaryl/α,β-unsaturated/α-hetero) is 1. The molecule has 6 heteroatoms. The van der Waals surface area contributed by atoms with Gasteiger partial charge in [-0.3, -0.25) is 9.59 Å². The summed E-state index contributed by atoms with van der Waals surface area (Å²) >= 11 is 0. The summed E-state index contributed by atoms with van der Waals surface area (Å²) in [5.74, 6) is -1.42. The topological polar surface area (TPSA) is 104 Å². The van der Waals surface area contributed by atoms with Crippen LogP contribution in [0.25, 0.3) is 0 Å². The molecule has 0 amide bonds. The molecule has 1 rings (SSSR count). The van der Waals surface area contributed by atoms with Gasteiger partial charge in [0.25, 0.3) is 0 Å². The van der Waals surface area contributed by atoms with E-state index in [2.05, 4.69) is 6.92 Å². The van der Waals surface area contributed by atoms with Crippen molar-refractivity contribution >= 4 is 11.8 Å². The summed E-state index contributed by atoms with van der Waals surface area (Å²) in [6.07, 6.45) is 7.22. The van der Waals surface area contributed by atoms with Gasteiger partial charge < -0.3 is 20.1 Å². The molecule has 0 aromatic carbocycles. The first-order valence-electron chi connectivity index (χ1n) is 9.32. The summed E-state index contributed by atoms with van der Waals surface area (Å²) in [5, 5.41) is 28.6. The molecule has 25 heavy (non-hydrogen) atoms. The molecule has 4 unspecified atom stereocenters. The van der Waals surface area contributed by atoms with E-state index in [0.29, 0.717) is 32.5 Å². The lowest BCUT2D eigenvalue weighted by atomic mass is 9.90. The van der Waals surface area contributed by atoms with Crippen molar-refractivity contribution < 1.29 is 29.6 Å². The molecule has 0 heterocycles. The van der Waals surface area contributed by atoms with Crippen molar-refractivity contribution in [2.75, 3.05) is 13.2 Å². The van der Waals surface area contributed by atoms with Crippen LogP contribution in [-0.2, 0) is 14.3 Å². The third-order valence-electron chi connectivity index (χ3n) is 4.66. The lowest BCUT2D eigenvalue weighted by molar-refractivity contribution is -0.137. The molecule has 1 aliphatic carbocycles. The number of aliphatic hydroxyl groups excluding tert-OH is 2. The van der Waals surface area contributed by atoms with Gasteiger partial charge in [0.1, 0.15) is 5.78 Å². The normalized spacial score (nSPS) is 24.9. The number of hydrogen-bond donors (Lipinski definition) is 3. The van der Waals surface area contributed by atoms with Gasteiger partial charge in [-0.05, 0) is 19.3 Å². The molecular formula is C19H32O6. The third kappa shape index (κ3) is 8.61. The van der Waals surface area contributed by atoms with Gasteiger partial charge in [-0.2, -0.15) is 0 Å². The zero-order valence-corrected chi connectivity index (χ0v) is 15.1. The van der Waals surface area contributed by atoms with Crippen molar-refractivity contribution in [3.8, 4) is 0 Å². The van der Waals surface area contributed by atoms with Crippen LogP contribution in [0.15, 0.2) is 12.2 Å². The average Bonchev–Trinajstić information content (AvgIpc) is 2.82. The number of ether oxygens (including phenoxy) is 1. The Balaban J connectivity index is 2.39. The fraction of sp³-hybridized carbons (Fsp3) is 0.789. The summed E-state index contributed by atoms with van der Waals surface area (Å²) in [6.45, 7) is 2.85. The van der Waals surface area contributed by atoms with Crippen molar-refractivity contribution in [1.82, 2.24) is 0 Å². The number of carboxylic acids is 1. The van der Waals surface area contributed by atoms with Gasteiger partial charge in [-0.25, -0.2) is 0 Å². The van der Waals surface area contributed by atoms with Gasteiger partial charge in [0.05, 0.1) is 12.2 Å². The summed E-state index contributed by atoms with van der Waals surface area (Å²) < 4.78 is 5.41. The minimum Gasteiger partial charge on any atom is -0.481 e. The Morgan fingerprint density at radius 2 is 2.08 bits per heavy atom. The first kappa shape index (κ1) is 21.8. The number of aliphatic carboxylic acids is 1. The molecule has 4 atom stereocenters. The van der Waals surface area contributed by atoms with E-state index < -0.39 is 18.2 Å². The molecule has 0 aromatic rings. The van der Waals surface area contributed by atoms with Crippen LogP contribution < -0.4 is 0 Å². The summed E-state index contributed by atoms with van der Waals surface area (Å²) in [7, 11) is 0. The van der Waals surface area contributed by atoms with E-state index in [1.54, 1.807) is 12.2 Å². The molecule has 0 saturated heterocycles. The van der Waals surface area contributed by atoms with E-state index in [1.807, 2.05) is 0 Å². The standard InChI is InChI=1S/C19H32O6/c1-2-3-4-6-14(20)8-9-15-16(18(22)13-17(15)21)10-12-25-11-5-7-19(23)24/h8-9,14-16,18,20,22H,2-7,10-13H2,1H3,(H,23,24)/b9-8+. The number of aliphatic hydroxyl groups is 2. The second-order valence-corrected chi connectivity index (χ2v) is 6.77. The SMILES string of the molecule is CCCCCC(O)/C=C/C1C(=O)CC(O)C1CCOCCCC(=O)O. The molecule has 0 spiro atoms. The maximum absolute atomic E-state index is 12.1. The van der Waals surface area contributed by atoms with Crippen LogP contribution in [0.4, 0.5) is 0 Å². The van der Waals surface area contributed by atoms with Crippen molar-refractivity contribution in [3.05, 3.63) is 12.2 Å². The predicted molar refractivity (Wildman–Crippen MR) is 94.2 cm³/mol. The van der Waals surface area contributed by atoms with E-state index in [9.17, 15) is 19.8 Å². The van der Waals surface area contributed by atoms with Gasteiger partial charge in [0.15, 0.2) is 0 Å². The number of carboxylic acid groups (broad SMARTS) is 1. The Hall–Kier alpha value is -1.24. The summed E-state index contributed by atoms with van der Waals surface area (Å²) in [5.41, 5.74) is 0. The highest BCUT2D eigenvalue weighted by Crippen LogP contribution is 2.33. The monoisotopic (exact) mass is 356 g/mol. The molecule has 1 saturated carbocycles. The number of rotatable bonds is 13. The van der Waals surface area contributed by atoms with Crippen LogP contribution in [-0.4, -0.2) is 52.5 Å². The molecule has 0 aromatic heterocycles. The molecule has 144 valence electrons. The Kier molecular flexibility index (Phi) is 10.6. The first-order chi connectivity index (χ1) is 12.0. The van der Waals surface area contributed by atoms with Gasteiger partial charge in [-0.15, -0.1) is 0 Å². The number of ketones is 1. The molecule has 3 N–H and O–H groups in total. The van der Waals surface area contributed by atoms with Gasteiger partial charge in [-0.1, -0.05) is 38.3 Å². The maximum Gasteiger partial charge on any atom is 0.303 e. The van der Waals surface area contributed by atoms with Crippen molar-refractivity contribution in [2.45, 2.75) is 70.5 Å². The first-order valence-corrected chi connectivity index (χ1v) is 9.32. The number of hydrogen-bond acceptors (Lipinski definition) is 5. The van der Waals surface area contributed by atoms with Gasteiger partial charge in [0.2, 0.25) is 0 Å². The third-order valence-corrected chi connectivity index (χ3v) is 4.66. The predicted octanol–water partition coefficient (Wildman–Crippen LogP) is 2.32. The van der Waals surface area contributed by atoms with Crippen LogP contribution in [0, 0.1) is 11.8 Å². The molecule has 0 bridgehead atoms. The highest BCUT2D eigenvalue weighted by Gasteiger charge is 2.39. The van der Waals surface area contributed by atoms with Crippen LogP contribution in [0.3, 0.4) is 0 Å². The van der Waals surface area contributed by atoms with Crippen molar-refractivity contribution in [3.63, 3.8) is 0 Å². The molecule has 1 aliphatic rings. The smallest absolute Gasteiger partial charge is 0.303 e. The van der Waals surface area contributed by atoms with Crippen LogP contribution in [0.1, 0.15) is 58.3 Å². The Morgan fingerprint density at radius 1 is 1.32 bits per heavy atom. The lowest BCUT2D eigenvalue weighted by Crippen LogP contribution is -2.21. The van der Waals surface area contributed by atoms with E-state index in [1.165, 1.54) is 0 Å². The Bertz CT molecular complexity index is 434. The van der Waals surface area contributed by atoms with Crippen LogP contribution in [0.5, 0.6) is 0 Å². The summed E-state index contributed by atoms with van der Waals surface area (Å²) in [6, 6.07) is 0. The zero-order chi connectivity index (χ0) is 18.7. The molecule has 0 aliphatic heterocycles. The van der Waals surface area contributed by atoms with E-state index in [-0.39, 0.29) is 30.5 Å². The highest BCUT2D eigenvalue weighted by molar-refractivity contribution is 5.85. The molecular weight excluding hydrogens is 324 g/mol. The quantitative estimate of drug-likeness (QED) is 0.346. The van der Waals surface area contributed by atoms with Crippen LogP contribution >= 0.6 is 0 Å². The Labute approximate surface area is 149 Å². The minimum atomic E-state index is -0.844. The van der Waals surface area contributed by atoms with E-state index >= 15 is 0 Å². The fourth-order valence-corrected chi connectivity index (χ4v) is 3.19. The lowest BCUT2D eigenvalue weighted by Gasteiger charge is -2.19. The number of carbonyl (C=O) groups excluding carboxylic acids is 1. The number of carbonyl (C=O) groups is 2. The molecule has 6 nitrogen and oxygen atoms in total. The summed E-state index contributed by atoms with van der Waals surface area (Å²) in [4.78, 5) is 22.5. The fourth-order valence-electron chi connectivity index (χ4n) is 3.19. The van der Waals surface area contributed by atoms with E-state index in [0.717, 1.165) is 19.3 Å². The van der Waals surface area contributed by atoms with Gasteiger partial charge in [0, 0.05) is 37.9 Å². The second-order valence-electron chi connectivity index (χ2n) is 6.77. The van der Waals surface area contributed by atoms with E-state index in [4.69, 9.17) is 9.84 Å². The van der Waals surface area contributed by atoms with Crippen LogP contribution in [0.2, 0.25) is 0 Å². The zero-order valence-electron chi connectivity index (χ0n) is 15.1. The molecule has 0 radical (unpaired) electrons. The molecule has 1 fully saturated rings. The second kappa shape index (κ2) is 12.2. The maximum atomic E-state index is 12.1. The number of allylic oxidation sites excluding steroid dienone is 1. The largest absolute Gasteiger partial charge is 0.481 e. The minimum absolute atomic E-state index is 0.000357. The number of unbranched alkanes of at least 4 members (excludes halogenated alkanes) is 2. The van der Waals surface area contributed by atoms with Crippen molar-refractivity contribution in [2.24, 2.45) is 11.8 Å². The average molecular weight is 356 g/mol.